The van der Waals surface area contributed by atoms with Crippen LogP contribution in [0.15, 0.2) is 42.6 Å². The van der Waals surface area contributed by atoms with E-state index in [9.17, 15) is 9.59 Å². The molecule has 0 spiro atoms. The summed E-state index contributed by atoms with van der Waals surface area (Å²) in [5.74, 6) is -0.549. The highest BCUT2D eigenvalue weighted by molar-refractivity contribution is 5.85. The van der Waals surface area contributed by atoms with E-state index < -0.39 is 5.92 Å². The fraction of sp³-hybridized carbons (Fsp3) is 0.364. The summed E-state index contributed by atoms with van der Waals surface area (Å²) in [6.45, 7) is 5.70. The van der Waals surface area contributed by atoms with Crippen LogP contribution in [0, 0.1) is 6.92 Å². The summed E-state index contributed by atoms with van der Waals surface area (Å²) in [5, 5.41) is 8.78. The highest BCUT2D eigenvalue weighted by Gasteiger charge is 2.32. The number of aryl methyl sites for hydroxylation is 2. The molecule has 3 aromatic rings. The van der Waals surface area contributed by atoms with Gasteiger partial charge in [0.25, 0.3) is 0 Å². The zero-order valence-corrected chi connectivity index (χ0v) is 16.8. The van der Waals surface area contributed by atoms with Gasteiger partial charge in [0.05, 0.1) is 22.8 Å². The van der Waals surface area contributed by atoms with Crippen LogP contribution in [0.4, 0.5) is 0 Å². The van der Waals surface area contributed by atoms with Gasteiger partial charge in [-0.2, -0.15) is 5.10 Å². The molecule has 0 radical (unpaired) electrons. The van der Waals surface area contributed by atoms with Crippen LogP contribution in [-0.2, 0) is 22.7 Å². The van der Waals surface area contributed by atoms with Crippen LogP contribution in [-0.4, -0.2) is 44.6 Å². The molecule has 2 amide bonds. The maximum absolute atomic E-state index is 12.8. The Morgan fingerprint density at radius 2 is 2.03 bits per heavy atom. The monoisotopic (exact) mass is 391 g/mol. The summed E-state index contributed by atoms with van der Waals surface area (Å²) in [5.41, 5.74) is 3.83. The number of carbonyl (C=O) groups excluding carboxylic acids is 2. The van der Waals surface area contributed by atoms with Gasteiger partial charge < -0.3 is 10.2 Å². The van der Waals surface area contributed by atoms with Crippen LogP contribution in [0.25, 0.3) is 10.9 Å². The van der Waals surface area contributed by atoms with Crippen molar-refractivity contribution in [3.05, 3.63) is 59.5 Å². The molecule has 29 heavy (non-hydrogen) atoms. The Bertz CT molecular complexity index is 1060. The number of nitrogens with zero attached hydrogens (tertiary/aromatic N) is 4. The number of carbonyl (C=O) groups is 2. The smallest absolute Gasteiger partial charge is 0.230 e. The molecule has 2 aromatic heterocycles. The van der Waals surface area contributed by atoms with Crippen LogP contribution in [0.3, 0.4) is 0 Å². The van der Waals surface area contributed by atoms with Crippen LogP contribution >= 0.6 is 0 Å². The second-order valence-electron chi connectivity index (χ2n) is 7.47. The number of pyridine rings is 1. The van der Waals surface area contributed by atoms with Gasteiger partial charge in [0, 0.05) is 44.7 Å². The van der Waals surface area contributed by atoms with Crippen molar-refractivity contribution in [2.24, 2.45) is 0 Å². The number of hydrogen-bond donors (Lipinski definition) is 1. The van der Waals surface area contributed by atoms with E-state index in [-0.39, 0.29) is 11.8 Å². The van der Waals surface area contributed by atoms with E-state index in [2.05, 4.69) is 27.5 Å². The minimum atomic E-state index is -0.434. The lowest BCUT2D eigenvalue weighted by Crippen LogP contribution is -2.43. The minimum absolute atomic E-state index is 0.0294. The van der Waals surface area contributed by atoms with E-state index in [0.717, 1.165) is 40.8 Å². The maximum atomic E-state index is 12.8. The molecule has 150 valence electrons. The predicted octanol–water partition coefficient (Wildman–Crippen LogP) is 2.39. The number of amides is 2. The van der Waals surface area contributed by atoms with E-state index in [4.69, 9.17) is 0 Å². The summed E-state index contributed by atoms with van der Waals surface area (Å²) >= 11 is 0. The van der Waals surface area contributed by atoms with Gasteiger partial charge in [0.1, 0.15) is 0 Å². The van der Waals surface area contributed by atoms with Gasteiger partial charge in [-0.05, 0) is 31.0 Å². The standard InChI is InChI=1S/C22H25N5O2/c1-15-18-8-3-4-9-20(18)27(25-15)12-6-11-24-22(29)19-14-26(16(2)28)13-17-7-5-10-23-21(17)19/h3-5,7-10,19H,6,11-14H2,1-2H3,(H,24,29). The van der Waals surface area contributed by atoms with Gasteiger partial charge in [-0.15, -0.1) is 0 Å². The van der Waals surface area contributed by atoms with Gasteiger partial charge in [-0.3, -0.25) is 19.3 Å². The predicted molar refractivity (Wildman–Crippen MR) is 110 cm³/mol. The second kappa shape index (κ2) is 8.03. The Morgan fingerprint density at radius 1 is 1.21 bits per heavy atom. The lowest BCUT2D eigenvalue weighted by atomic mass is 9.94. The van der Waals surface area contributed by atoms with E-state index in [1.165, 1.54) is 6.92 Å². The van der Waals surface area contributed by atoms with Gasteiger partial charge in [-0.25, -0.2) is 0 Å². The zero-order chi connectivity index (χ0) is 20.4. The van der Waals surface area contributed by atoms with Crippen molar-refractivity contribution in [1.29, 1.82) is 0 Å². The summed E-state index contributed by atoms with van der Waals surface area (Å²) in [6, 6.07) is 11.9. The normalized spacial score (nSPS) is 15.9. The van der Waals surface area contributed by atoms with Crippen molar-refractivity contribution in [1.82, 2.24) is 25.0 Å². The van der Waals surface area contributed by atoms with E-state index >= 15 is 0 Å². The van der Waals surface area contributed by atoms with E-state index in [0.29, 0.717) is 19.6 Å². The third-order valence-corrected chi connectivity index (χ3v) is 5.47. The fourth-order valence-corrected chi connectivity index (χ4v) is 3.95. The largest absolute Gasteiger partial charge is 0.355 e. The number of para-hydroxylation sites is 1. The topological polar surface area (TPSA) is 80.1 Å². The molecule has 0 fully saturated rings. The maximum Gasteiger partial charge on any atom is 0.230 e. The summed E-state index contributed by atoms with van der Waals surface area (Å²) in [7, 11) is 0. The summed E-state index contributed by atoms with van der Waals surface area (Å²) in [4.78, 5) is 30.8. The number of fused-ring (bicyclic) bond motifs is 2. The molecule has 1 unspecified atom stereocenters. The highest BCUT2D eigenvalue weighted by Crippen LogP contribution is 2.26. The average Bonchev–Trinajstić information content (AvgIpc) is 3.06. The Morgan fingerprint density at radius 3 is 2.86 bits per heavy atom. The summed E-state index contributed by atoms with van der Waals surface area (Å²) in [6.07, 6.45) is 2.47. The minimum Gasteiger partial charge on any atom is -0.355 e. The molecule has 1 aromatic carbocycles. The number of rotatable bonds is 5. The molecule has 7 nitrogen and oxygen atoms in total. The van der Waals surface area contributed by atoms with Gasteiger partial charge in [-0.1, -0.05) is 24.3 Å². The molecular formula is C22H25N5O2. The number of hydrogen-bond acceptors (Lipinski definition) is 4. The molecule has 3 heterocycles. The van der Waals surface area contributed by atoms with Crippen LogP contribution in [0.5, 0.6) is 0 Å². The van der Waals surface area contributed by atoms with Crippen molar-refractivity contribution >= 4 is 22.7 Å². The molecule has 4 rings (SSSR count). The second-order valence-corrected chi connectivity index (χ2v) is 7.47. The molecular weight excluding hydrogens is 366 g/mol. The molecule has 0 aliphatic carbocycles. The van der Waals surface area contributed by atoms with Gasteiger partial charge in [0.2, 0.25) is 11.8 Å². The first kappa shape index (κ1) is 19.1. The van der Waals surface area contributed by atoms with E-state index in [1.54, 1.807) is 11.1 Å². The Balaban J connectivity index is 1.39. The van der Waals surface area contributed by atoms with Gasteiger partial charge in [0.15, 0.2) is 0 Å². The first-order valence-electron chi connectivity index (χ1n) is 9.93. The zero-order valence-electron chi connectivity index (χ0n) is 16.8. The van der Waals surface area contributed by atoms with Crippen molar-refractivity contribution in [2.45, 2.75) is 39.3 Å². The molecule has 1 atom stereocenters. The number of aromatic nitrogens is 3. The van der Waals surface area contributed by atoms with Crippen molar-refractivity contribution in [3.8, 4) is 0 Å². The average molecular weight is 391 g/mol. The Hall–Kier alpha value is -3.22. The molecule has 7 heteroatoms. The highest BCUT2D eigenvalue weighted by atomic mass is 16.2. The molecule has 0 saturated carbocycles. The number of nitrogens with one attached hydrogen (secondary N) is 1. The Labute approximate surface area is 169 Å². The third-order valence-electron chi connectivity index (χ3n) is 5.47. The molecule has 1 aliphatic heterocycles. The van der Waals surface area contributed by atoms with Crippen LogP contribution in [0.1, 0.15) is 36.2 Å². The fourth-order valence-electron chi connectivity index (χ4n) is 3.95. The molecule has 1 N–H and O–H groups in total. The third kappa shape index (κ3) is 3.85. The molecule has 1 aliphatic rings. The lowest BCUT2D eigenvalue weighted by Gasteiger charge is -2.32. The first-order valence-corrected chi connectivity index (χ1v) is 9.93. The van der Waals surface area contributed by atoms with Crippen LogP contribution < -0.4 is 5.32 Å². The quantitative estimate of drug-likeness (QED) is 0.677. The lowest BCUT2D eigenvalue weighted by molar-refractivity contribution is -0.131. The SMILES string of the molecule is CC(=O)N1Cc2cccnc2C(C(=O)NCCCn2nc(C)c3ccccc32)C1. The summed E-state index contributed by atoms with van der Waals surface area (Å²) < 4.78 is 1.99. The molecule has 0 bridgehead atoms. The van der Waals surface area contributed by atoms with Crippen molar-refractivity contribution in [3.63, 3.8) is 0 Å². The van der Waals surface area contributed by atoms with E-state index in [1.807, 2.05) is 35.9 Å². The van der Waals surface area contributed by atoms with Crippen LogP contribution in [0.2, 0.25) is 0 Å². The number of benzene rings is 1. The Kier molecular flexibility index (Phi) is 5.29. The van der Waals surface area contributed by atoms with Gasteiger partial charge >= 0.3 is 0 Å². The molecule has 0 saturated heterocycles. The first-order chi connectivity index (χ1) is 14.0. The van der Waals surface area contributed by atoms with Crippen molar-refractivity contribution < 1.29 is 9.59 Å². The van der Waals surface area contributed by atoms with Crippen molar-refractivity contribution in [2.75, 3.05) is 13.1 Å².